The maximum atomic E-state index is 12.4. The second-order valence-electron chi connectivity index (χ2n) is 5.12. The number of carbonyl (C=O) groups is 2. The lowest BCUT2D eigenvalue weighted by atomic mass is 10.1. The Morgan fingerprint density at radius 3 is 2.89 bits per heavy atom. The Morgan fingerprint density at radius 2 is 2.26 bits per heavy atom. The lowest BCUT2D eigenvalue weighted by Gasteiger charge is -2.38. The first kappa shape index (κ1) is 14.0. The molecular formula is C13H21N3O3. The molecule has 2 heterocycles. The molecule has 3 unspecified atom stereocenters. The van der Waals surface area contributed by atoms with Crippen LogP contribution >= 0.6 is 0 Å². The van der Waals surface area contributed by atoms with Crippen LogP contribution in [0.5, 0.6) is 0 Å². The molecule has 2 rings (SSSR count). The van der Waals surface area contributed by atoms with Crippen LogP contribution in [0.1, 0.15) is 19.8 Å². The number of likely N-dealkylation sites (N-methyl/N-ethyl adjacent to an activating group) is 1. The van der Waals surface area contributed by atoms with Gasteiger partial charge in [-0.25, -0.2) is 0 Å². The van der Waals surface area contributed by atoms with Crippen molar-refractivity contribution in [3.8, 4) is 0 Å². The smallest absolute Gasteiger partial charge is 0.250 e. The van der Waals surface area contributed by atoms with Crippen molar-refractivity contribution in [2.75, 3.05) is 20.2 Å². The third-order valence-corrected chi connectivity index (χ3v) is 3.58. The molecule has 0 saturated carbocycles. The highest BCUT2D eigenvalue weighted by Gasteiger charge is 2.44. The van der Waals surface area contributed by atoms with E-state index < -0.39 is 6.04 Å². The lowest BCUT2D eigenvalue weighted by molar-refractivity contribution is -0.163. The van der Waals surface area contributed by atoms with Gasteiger partial charge in [0.15, 0.2) is 0 Å². The minimum absolute atomic E-state index is 0.0292. The van der Waals surface area contributed by atoms with E-state index in [1.807, 2.05) is 6.92 Å². The summed E-state index contributed by atoms with van der Waals surface area (Å²) in [5, 5.41) is 5.45. The highest BCUT2D eigenvalue weighted by Crippen LogP contribution is 2.32. The second-order valence-corrected chi connectivity index (χ2v) is 5.12. The quantitative estimate of drug-likeness (QED) is 0.681. The number of amides is 2. The number of hydrogen-bond donors (Lipinski definition) is 2. The van der Waals surface area contributed by atoms with Crippen molar-refractivity contribution in [3.05, 3.63) is 12.2 Å². The van der Waals surface area contributed by atoms with Crippen LogP contribution < -0.4 is 10.6 Å². The summed E-state index contributed by atoms with van der Waals surface area (Å²) in [7, 11) is 1.69. The third kappa shape index (κ3) is 2.79. The van der Waals surface area contributed by atoms with Gasteiger partial charge in [-0.15, -0.1) is 0 Å². The van der Waals surface area contributed by atoms with Gasteiger partial charge < -0.3 is 20.3 Å². The van der Waals surface area contributed by atoms with E-state index in [0.29, 0.717) is 0 Å². The number of fused-ring (bicyclic) bond motifs is 1. The molecule has 106 valence electrons. The monoisotopic (exact) mass is 267 g/mol. The van der Waals surface area contributed by atoms with E-state index in [1.54, 1.807) is 11.9 Å². The maximum absolute atomic E-state index is 12.4. The van der Waals surface area contributed by atoms with Gasteiger partial charge in [-0.05, 0) is 26.8 Å². The SMILES string of the molecule is C=C(C)C1CCC2OCC(NC(=O)CNC)C(=O)N21. The molecule has 6 heteroatoms. The van der Waals surface area contributed by atoms with Crippen LogP contribution in [0.2, 0.25) is 0 Å². The first-order valence-corrected chi connectivity index (χ1v) is 6.57. The van der Waals surface area contributed by atoms with Crippen molar-refractivity contribution in [1.82, 2.24) is 15.5 Å². The molecule has 0 bridgehead atoms. The van der Waals surface area contributed by atoms with Crippen molar-refractivity contribution in [1.29, 1.82) is 0 Å². The van der Waals surface area contributed by atoms with Crippen LogP contribution in [0.4, 0.5) is 0 Å². The molecular weight excluding hydrogens is 246 g/mol. The number of nitrogens with one attached hydrogen (secondary N) is 2. The zero-order chi connectivity index (χ0) is 14.0. The Bertz CT molecular complexity index is 397. The third-order valence-electron chi connectivity index (χ3n) is 3.58. The van der Waals surface area contributed by atoms with Gasteiger partial charge in [0.25, 0.3) is 0 Å². The summed E-state index contributed by atoms with van der Waals surface area (Å²) in [6.45, 7) is 6.29. The largest absolute Gasteiger partial charge is 0.356 e. The van der Waals surface area contributed by atoms with E-state index in [4.69, 9.17) is 4.74 Å². The highest BCUT2D eigenvalue weighted by molar-refractivity contribution is 5.89. The lowest BCUT2D eigenvalue weighted by Crippen LogP contribution is -2.60. The number of carbonyl (C=O) groups excluding carboxylic acids is 2. The van der Waals surface area contributed by atoms with Crippen molar-refractivity contribution in [3.63, 3.8) is 0 Å². The Morgan fingerprint density at radius 1 is 1.53 bits per heavy atom. The van der Waals surface area contributed by atoms with Gasteiger partial charge in [0.05, 0.1) is 19.2 Å². The standard InChI is InChI=1S/C13H21N3O3/c1-8(2)10-4-5-12-16(10)13(18)9(7-19-12)15-11(17)6-14-3/h9-10,12,14H,1,4-7H2,2-3H3,(H,15,17). The molecule has 2 fully saturated rings. The molecule has 0 aromatic heterocycles. The molecule has 0 aliphatic carbocycles. The molecule has 2 aliphatic rings. The molecule has 2 N–H and O–H groups in total. The van der Waals surface area contributed by atoms with E-state index in [2.05, 4.69) is 17.2 Å². The zero-order valence-corrected chi connectivity index (χ0v) is 11.4. The molecule has 6 nitrogen and oxygen atoms in total. The number of ether oxygens (including phenoxy) is 1. The van der Waals surface area contributed by atoms with Crippen molar-refractivity contribution in [2.24, 2.45) is 0 Å². The Labute approximate surface area is 113 Å². The van der Waals surface area contributed by atoms with Crippen molar-refractivity contribution in [2.45, 2.75) is 38.1 Å². The molecule has 0 radical (unpaired) electrons. The Kier molecular flexibility index (Phi) is 4.21. The molecule has 0 aromatic rings. The van der Waals surface area contributed by atoms with E-state index in [1.165, 1.54) is 0 Å². The minimum atomic E-state index is -0.586. The molecule has 0 aromatic carbocycles. The van der Waals surface area contributed by atoms with Gasteiger partial charge in [-0.3, -0.25) is 9.59 Å². The molecule has 2 saturated heterocycles. The van der Waals surface area contributed by atoms with Gasteiger partial charge in [0, 0.05) is 0 Å². The molecule has 0 spiro atoms. The van der Waals surface area contributed by atoms with Crippen molar-refractivity contribution >= 4 is 11.8 Å². The van der Waals surface area contributed by atoms with Gasteiger partial charge in [0.2, 0.25) is 11.8 Å². The van der Waals surface area contributed by atoms with Gasteiger partial charge in [0.1, 0.15) is 12.3 Å². The number of hydrogen-bond acceptors (Lipinski definition) is 4. The Balaban J connectivity index is 2.04. The summed E-state index contributed by atoms with van der Waals surface area (Å²) >= 11 is 0. The first-order valence-electron chi connectivity index (χ1n) is 6.57. The number of nitrogens with zero attached hydrogens (tertiary/aromatic N) is 1. The summed E-state index contributed by atoms with van der Waals surface area (Å²) in [5.74, 6) is -0.264. The molecule has 2 aliphatic heterocycles. The first-order chi connectivity index (χ1) is 9.04. The summed E-state index contributed by atoms with van der Waals surface area (Å²) in [4.78, 5) is 25.7. The average Bonchev–Trinajstić information content (AvgIpc) is 2.78. The van der Waals surface area contributed by atoms with E-state index in [0.717, 1.165) is 18.4 Å². The van der Waals surface area contributed by atoms with Crippen molar-refractivity contribution < 1.29 is 14.3 Å². The Hall–Kier alpha value is -1.40. The fourth-order valence-electron chi connectivity index (χ4n) is 2.69. The average molecular weight is 267 g/mol. The van der Waals surface area contributed by atoms with Gasteiger partial charge in [-0.1, -0.05) is 12.2 Å². The summed E-state index contributed by atoms with van der Waals surface area (Å²) in [5.41, 5.74) is 0.960. The van der Waals surface area contributed by atoms with Crippen LogP contribution in [0.25, 0.3) is 0 Å². The fraction of sp³-hybridized carbons (Fsp3) is 0.692. The second kappa shape index (κ2) is 5.71. The summed E-state index contributed by atoms with van der Waals surface area (Å²) < 4.78 is 5.67. The van der Waals surface area contributed by atoms with Gasteiger partial charge in [-0.2, -0.15) is 0 Å². The summed E-state index contributed by atoms with van der Waals surface area (Å²) in [6.07, 6.45) is 1.55. The van der Waals surface area contributed by atoms with E-state index in [9.17, 15) is 9.59 Å². The molecule has 19 heavy (non-hydrogen) atoms. The van der Waals surface area contributed by atoms with Gasteiger partial charge >= 0.3 is 0 Å². The van der Waals surface area contributed by atoms with Crippen LogP contribution in [0.3, 0.4) is 0 Å². The predicted octanol–water partition coefficient (Wildman–Crippen LogP) is -0.386. The van der Waals surface area contributed by atoms with Crippen LogP contribution in [0, 0.1) is 0 Å². The predicted molar refractivity (Wildman–Crippen MR) is 70.3 cm³/mol. The summed E-state index contributed by atoms with van der Waals surface area (Å²) in [6, 6.07) is -0.557. The van der Waals surface area contributed by atoms with Crippen LogP contribution in [-0.4, -0.2) is 55.2 Å². The maximum Gasteiger partial charge on any atom is 0.250 e. The zero-order valence-electron chi connectivity index (χ0n) is 11.4. The fourth-order valence-corrected chi connectivity index (χ4v) is 2.69. The van der Waals surface area contributed by atoms with E-state index >= 15 is 0 Å². The minimum Gasteiger partial charge on any atom is -0.356 e. The van der Waals surface area contributed by atoms with E-state index in [-0.39, 0.29) is 37.2 Å². The molecule has 2 amide bonds. The number of rotatable bonds is 4. The van der Waals surface area contributed by atoms with Crippen LogP contribution in [0.15, 0.2) is 12.2 Å². The highest BCUT2D eigenvalue weighted by atomic mass is 16.5. The topological polar surface area (TPSA) is 70.7 Å². The normalized spacial score (nSPS) is 30.1. The molecule has 3 atom stereocenters. The van der Waals surface area contributed by atoms with Crippen LogP contribution in [-0.2, 0) is 14.3 Å².